The lowest BCUT2D eigenvalue weighted by Crippen LogP contribution is -2.39. The number of anilines is 2. The van der Waals surface area contributed by atoms with Crippen LogP contribution in [0.4, 0.5) is 11.6 Å². The minimum Gasteiger partial charge on any atom is -0.467 e. The molecule has 4 heterocycles. The predicted octanol–water partition coefficient (Wildman–Crippen LogP) is 3.92. The quantitative estimate of drug-likeness (QED) is 0.849. The van der Waals surface area contributed by atoms with Crippen molar-refractivity contribution in [3.8, 4) is 6.07 Å². The smallest absolute Gasteiger partial charge is 0.149 e. The average molecular weight is 380 g/mol. The van der Waals surface area contributed by atoms with Gasteiger partial charge in [0.2, 0.25) is 0 Å². The summed E-state index contributed by atoms with van der Waals surface area (Å²) in [5.41, 5.74) is 3.13. The van der Waals surface area contributed by atoms with Crippen LogP contribution in [0.1, 0.15) is 55.6 Å². The number of aromatic nitrogens is 1. The summed E-state index contributed by atoms with van der Waals surface area (Å²) in [6.07, 6.45) is 6.16. The Morgan fingerprint density at radius 1 is 1.32 bits per heavy atom. The van der Waals surface area contributed by atoms with Crippen LogP contribution in [0, 0.1) is 11.3 Å². The Labute approximate surface area is 167 Å². The fourth-order valence-electron chi connectivity index (χ4n) is 4.42. The number of nitrogens with zero attached hydrogens (tertiary/aromatic N) is 4. The molecule has 1 atom stereocenters. The van der Waals surface area contributed by atoms with E-state index in [4.69, 9.17) is 9.40 Å². The normalized spacial score (nSPS) is 19.9. The van der Waals surface area contributed by atoms with Gasteiger partial charge in [-0.3, -0.25) is 4.90 Å². The summed E-state index contributed by atoms with van der Waals surface area (Å²) in [4.78, 5) is 9.77. The summed E-state index contributed by atoms with van der Waals surface area (Å²) < 4.78 is 5.49. The predicted molar refractivity (Wildman–Crippen MR) is 110 cm³/mol. The van der Waals surface area contributed by atoms with Crippen LogP contribution in [-0.2, 0) is 19.5 Å². The van der Waals surface area contributed by atoms with Gasteiger partial charge in [0.05, 0.1) is 18.4 Å². The molecule has 1 saturated heterocycles. The minimum atomic E-state index is 0.417. The number of nitrogens with one attached hydrogen (secondary N) is 1. The molecule has 0 aromatic carbocycles. The summed E-state index contributed by atoms with van der Waals surface area (Å²) in [5, 5.41) is 13.5. The molecule has 6 nitrogen and oxygen atoms in total. The fraction of sp³-hybridized carbons (Fsp3) is 0.545. The molecule has 28 heavy (non-hydrogen) atoms. The van der Waals surface area contributed by atoms with Gasteiger partial charge in [-0.25, -0.2) is 4.98 Å². The van der Waals surface area contributed by atoms with E-state index in [-0.39, 0.29) is 0 Å². The van der Waals surface area contributed by atoms with E-state index in [1.54, 1.807) is 6.26 Å². The molecule has 2 aromatic rings. The summed E-state index contributed by atoms with van der Waals surface area (Å²) in [5.74, 6) is 2.65. The van der Waals surface area contributed by atoms with Crippen molar-refractivity contribution in [3.63, 3.8) is 0 Å². The van der Waals surface area contributed by atoms with Crippen molar-refractivity contribution >= 4 is 11.6 Å². The summed E-state index contributed by atoms with van der Waals surface area (Å²) in [7, 11) is 0. The van der Waals surface area contributed by atoms with Gasteiger partial charge in [-0.15, -0.1) is 0 Å². The van der Waals surface area contributed by atoms with Crippen molar-refractivity contribution in [1.29, 1.82) is 5.26 Å². The topological polar surface area (TPSA) is 68.3 Å². The van der Waals surface area contributed by atoms with Crippen LogP contribution < -0.4 is 10.2 Å². The van der Waals surface area contributed by atoms with Gasteiger partial charge < -0.3 is 14.6 Å². The number of piperidine rings is 1. The highest BCUT2D eigenvalue weighted by atomic mass is 16.3. The van der Waals surface area contributed by atoms with Gasteiger partial charge >= 0.3 is 0 Å². The van der Waals surface area contributed by atoms with E-state index >= 15 is 0 Å². The van der Waals surface area contributed by atoms with Gasteiger partial charge in [0.25, 0.3) is 0 Å². The maximum atomic E-state index is 10.0. The zero-order valence-corrected chi connectivity index (χ0v) is 16.9. The first-order valence-electron chi connectivity index (χ1n) is 10.4. The number of fused-ring (bicyclic) bond motifs is 1. The Bertz CT molecular complexity index is 855. The van der Waals surface area contributed by atoms with Crippen LogP contribution >= 0.6 is 0 Å². The van der Waals surface area contributed by atoms with Gasteiger partial charge in [-0.05, 0) is 56.8 Å². The van der Waals surface area contributed by atoms with Crippen molar-refractivity contribution in [1.82, 2.24) is 9.88 Å². The van der Waals surface area contributed by atoms with E-state index in [1.807, 2.05) is 12.1 Å². The lowest BCUT2D eigenvalue weighted by Gasteiger charge is -2.37. The third-order valence-corrected chi connectivity index (χ3v) is 6.10. The molecule has 1 fully saturated rings. The molecule has 0 aliphatic carbocycles. The molecular formula is C22H29N5O. The van der Waals surface area contributed by atoms with Crippen LogP contribution in [0.2, 0.25) is 0 Å². The molecule has 6 heteroatoms. The van der Waals surface area contributed by atoms with Gasteiger partial charge in [0.15, 0.2) is 0 Å². The third kappa shape index (κ3) is 3.59. The van der Waals surface area contributed by atoms with Crippen molar-refractivity contribution in [2.45, 2.75) is 58.7 Å². The van der Waals surface area contributed by atoms with E-state index in [9.17, 15) is 5.26 Å². The molecule has 2 aromatic heterocycles. The van der Waals surface area contributed by atoms with E-state index in [2.05, 4.69) is 35.0 Å². The number of nitriles is 1. The Hall–Kier alpha value is -2.52. The van der Waals surface area contributed by atoms with Gasteiger partial charge in [-0.1, -0.05) is 6.92 Å². The third-order valence-electron chi connectivity index (χ3n) is 6.10. The van der Waals surface area contributed by atoms with Crippen molar-refractivity contribution in [2.24, 2.45) is 0 Å². The second-order valence-corrected chi connectivity index (χ2v) is 7.82. The first kappa shape index (κ1) is 18.8. The number of hydrogen-bond acceptors (Lipinski definition) is 6. The van der Waals surface area contributed by atoms with E-state index in [1.165, 1.54) is 17.5 Å². The highest BCUT2D eigenvalue weighted by Crippen LogP contribution is 2.35. The van der Waals surface area contributed by atoms with E-state index in [0.717, 1.165) is 68.4 Å². The number of rotatable bonds is 5. The zero-order valence-electron chi connectivity index (χ0n) is 16.9. The lowest BCUT2D eigenvalue weighted by molar-refractivity contribution is 0.268. The molecule has 4 rings (SSSR count). The molecule has 0 unspecified atom stereocenters. The average Bonchev–Trinajstić information content (AvgIpc) is 3.25. The Kier molecular flexibility index (Phi) is 5.54. The Balaban J connectivity index is 1.76. The molecule has 2 aliphatic rings. The summed E-state index contributed by atoms with van der Waals surface area (Å²) >= 11 is 0. The summed E-state index contributed by atoms with van der Waals surface area (Å²) in [6.45, 7) is 8.84. The van der Waals surface area contributed by atoms with Crippen molar-refractivity contribution in [2.75, 3.05) is 29.9 Å². The van der Waals surface area contributed by atoms with Crippen LogP contribution in [0.15, 0.2) is 22.8 Å². The monoisotopic (exact) mass is 379 g/mol. The second kappa shape index (κ2) is 8.24. The largest absolute Gasteiger partial charge is 0.467 e. The lowest BCUT2D eigenvalue weighted by atomic mass is 9.94. The standard InChI is InChI=1S/C22H29N5O/c1-3-26-11-9-18-19(13-23)22(27-10-5-4-7-16(27)2)25-21(20(18)15-26)24-14-17-8-6-12-28-17/h6,8,12,16H,3-5,7,9-11,14-15H2,1-2H3,(H,24,25)/t16-/m0/s1. The highest BCUT2D eigenvalue weighted by molar-refractivity contribution is 5.67. The molecule has 0 radical (unpaired) electrons. The minimum absolute atomic E-state index is 0.417. The maximum Gasteiger partial charge on any atom is 0.149 e. The van der Waals surface area contributed by atoms with E-state index < -0.39 is 0 Å². The SMILES string of the molecule is CCN1CCc2c(C#N)c(N3CCCC[C@@H]3C)nc(NCc3ccco3)c2C1. The molecule has 1 N–H and O–H groups in total. The molecule has 0 spiro atoms. The number of hydrogen-bond donors (Lipinski definition) is 1. The molecule has 0 amide bonds. The van der Waals surface area contributed by atoms with Crippen molar-refractivity contribution in [3.05, 3.63) is 40.8 Å². The number of furan rings is 1. The Morgan fingerprint density at radius 2 is 2.21 bits per heavy atom. The van der Waals surface area contributed by atoms with Crippen LogP contribution in [0.3, 0.4) is 0 Å². The number of pyridine rings is 1. The molecular weight excluding hydrogens is 350 g/mol. The van der Waals surface area contributed by atoms with Crippen molar-refractivity contribution < 1.29 is 4.42 Å². The Morgan fingerprint density at radius 3 is 2.93 bits per heavy atom. The van der Waals surface area contributed by atoms with E-state index in [0.29, 0.717) is 12.6 Å². The fourth-order valence-corrected chi connectivity index (χ4v) is 4.42. The molecule has 0 bridgehead atoms. The van der Waals surface area contributed by atoms with Crippen LogP contribution in [0.25, 0.3) is 0 Å². The van der Waals surface area contributed by atoms with Gasteiger partial charge in [0, 0.05) is 31.2 Å². The molecule has 148 valence electrons. The summed E-state index contributed by atoms with van der Waals surface area (Å²) in [6, 6.07) is 6.79. The first-order chi connectivity index (χ1) is 13.7. The van der Waals surface area contributed by atoms with Gasteiger partial charge in [-0.2, -0.15) is 5.26 Å². The zero-order chi connectivity index (χ0) is 19.5. The van der Waals surface area contributed by atoms with Gasteiger partial charge in [0.1, 0.15) is 23.5 Å². The first-order valence-corrected chi connectivity index (χ1v) is 10.4. The second-order valence-electron chi connectivity index (χ2n) is 7.82. The maximum absolute atomic E-state index is 10.0. The molecule has 0 saturated carbocycles. The highest BCUT2D eigenvalue weighted by Gasteiger charge is 2.29. The van der Waals surface area contributed by atoms with Crippen LogP contribution in [-0.4, -0.2) is 35.6 Å². The number of likely N-dealkylation sites (N-methyl/N-ethyl adjacent to an activating group) is 1. The molecule has 2 aliphatic heterocycles. The van der Waals surface area contributed by atoms with Crippen LogP contribution in [0.5, 0.6) is 0 Å².